The van der Waals surface area contributed by atoms with Gasteiger partial charge in [0.15, 0.2) is 0 Å². The predicted molar refractivity (Wildman–Crippen MR) is 98.0 cm³/mol. The van der Waals surface area contributed by atoms with E-state index in [0.29, 0.717) is 18.7 Å². The fraction of sp³-hybridized carbons (Fsp3) is 0.316. The van der Waals surface area contributed by atoms with Gasteiger partial charge in [0, 0.05) is 38.1 Å². The number of aryl methyl sites for hydroxylation is 2. The van der Waals surface area contributed by atoms with Gasteiger partial charge < -0.3 is 15.1 Å². The molecule has 0 bridgehead atoms. The highest BCUT2D eigenvalue weighted by molar-refractivity contribution is 6.04. The molecule has 0 unspecified atom stereocenters. The molecule has 0 spiro atoms. The fourth-order valence-electron chi connectivity index (χ4n) is 2.83. The number of aromatic nitrogens is 1. The van der Waals surface area contributed by atoms with Crippen LogP contribution < -0.4 is 10.2 Å². The first-order valence-electron chi connectivity index (χ1n) is 8.35. The molecule has 0 saturated carbocycles. The topological polar surface area (TPSA) is 65.5 Å². The number of carbonyl (C=O) groups is 2. The van der Waals surface area contributed by atoms with Crippen LogP contribution in [0.2, 0.25) is 0 Å². The Bertz CT molecular complexity index is 783. The van der Waals surface area contributed by atoms with Gasteiger partial charge in [0.1, 0.15) is 0 Å². The van der Waals surface area contributed by atoms with Gasteiger partial charge in [0.05, 0.1) is 17.4 Å². The maximum absolute atomic E-state index is 12.5. The zero-order valence-electron chi connectivity index (χ0n) is 14.5. The van der Waals surface area contributed by atoms with Crippen LogP contribution in [0.3, 0.4) is 0 Å². The first-order valence-corrected chi connectivity index (χ1v) is 8.35. The number of rotatable bonds is 4. The molecule has 2 heterocycles. The molecule has 1 aliphatic rings. The summed E-state index contributed by atoms with van der Waals surface area (Å²) in [5, 5.41) is 2.92. The molecule has 6 nitrogen and oxygen atoms in total. The third-order valence-electron chi connectivity index (χ3n) is 4.58. The van der Waals surface area contributed by atoms with Crippen molar-refractivity contribution in [3.05, 3.63) is 53.3 Å². The minimum absolute atomic E-state index is 0.177. The quantitative estimate of drug-likeness (QED) is 0.868. The van der Waals surface area contributed by atoms with Gasteiger partial charge in [-0.1, -0.05) is 6.07 Å². The molecule has 2 amide bonds. The average molecular weight is 338 g/mol. The smallest absolute Gasteiger partial charge is 0.257 e. The summed E-state index contributed by atoms with van der Waals surface area (Å²) < 4.78 is 0. The van der Waals surface area contributed by atoms with Crippen LogP contribution in [0.1, 0.15) is 21.5 Å². The monoisotopic (exact) mass is 338 g/mol. The lowest BCUT2D eigenvalue weighted by molar-refractivity contribution is -0.118. The third-order valence-corrected chi connectivity index (χ3v) is 4.58. The Labute approximate surface area is 147 Å². The SMILES string of the molecule is Cc1ccc(NC(=O)c2cncc(N3CCN(C=O)CC3)c2)cc1C. The van der Waals surface area contributed by atoms with Crippen molar-refractivity contribution in [1.29, 1.82) is 0 Å². The minimum atomic E-state index is -0.177. The summed E-state index contributed by atoms with van der Waals surface area (Å²) in [6.07, 6.45) is 4.20. The molecule has 6 heteroatoms. The molecule has 1 aromatic carbocycles. The molecule has 3 rings (SSSR count). The highest BCUT2D eigenvalue weighted by Crippen LogP contribution is 2.19. The zero-order chi connectivity index (χ0) is 17.8. The molecule has 1 N–H and O–H groups in total. The molecular formula is C19H22N4O2. The normalized spacial score (nSPS) is 14.3. The van der Waals surface area contributed by atoms with Crippen LogP contribution in [0.25, 0.3) is 0 Å². The van der Waals surface area contributed by atoms with E-state index < -0.39 is 0 Å². The Hall–Kier alpha value is -2.89. The van der Waals surface area contributed by atoms with Crippen molar-refractivity contribution < 1.29 is 9.59 Å². The second kappa shape index (κ2) is 7.34. The third kappa shape index (κ3) is 3.96. The average Bonchev–Trinajstić information content (AvgIpc) is 2.65. The highest BCUT2D eigenvalue weighted by Gasteiger charge is 2.17. The number of nitrogens with zero attached hydrogens (tertiary/aromatic N) is 3. The molecule has 1 saturated heterocycles. The van der Waals surface area contributed by atoms with Gasteiger partial charge >= 0.3 is 0 Å². The predicted octanol–water partition coefficient (Wildman–Crippen LogP) is 2.23. The number of benzene rings is 1. The highest BCUT2D eigenvalue weighted by atomic mass is 16.1. The second-order valence-electron chi connectivity index (χ2n) is 6.31. The van der Waals surface area contributed by atoms with Crippen molar-refractivity contribution in [2.45, 2.75) is 13.8 Å². The molecule has 1 aromatic heterocycles. The Morgan fingerprint density at radius 1 is 1.08 bits per heavy atom. The van der Waals surface area contributed by atoms with Crippen LogP contribution in [0.4, 0.5) is 11.4 Å². The maximum Gasteiger partial charge on any atom is 0.257 e. The fourth-order valence-corrected chi connectivity index (χ4v) is 2.83. The van der Waals surface area contributed by atoms with Gasteiger partial charge in [-0.15, -0.1) is 0 Å². The number of amides is 2. The van der Waals surface area contributed by atoms with E-state index in [0.717, 1.165) is 36.4 Å². The summed E-state index contributed by atoms with van der Waals surface area (Å²) in [6.45, 7) is 6.90. The molecule has 130 valence electrons. The summed E-state index contributed by atoms with van der Waals surface area (Å²) in [5.41, 5.74) is 4.53. The van der Waals surface area contributed by atoms with E-state index in [1.165, 1.54) is 5.56 Å². The van der Waals surface area contributed by atoms with Crippen LogP contribution in [-0.2, 0) is 4.79 Å². The van der Waals surface area contributed by atoms with Crippen molar-refractivity contribution in [3.63, 3.8) is 0 Å². The van der Waals surface area contributed by atoms with Crippen LogP contribution in [0.5, 0.6) is 0 Å². The first kappa shape index (κ1) is 17.0. The largest absolute Gasteiger partial charge is 0.367 e. The second-order valence-corrected chi connectivity index (χ2v) is 6.31. The van der Waals surface area contributed by atoms with E-state index in [2.05, 4.69) is 15.2 Å². The number of anilines is 2. The molecule has 0 radical (unpaired) electrons. The minimum Gasteiger partial charge on any atom is -0.367 e. The van der Waals surface area contributed by atoms with Crippen molar-refractivity contribution in [2.24, 2.45) is 0 Å². The maximum atomic E-state index is 12.5. The van der Waals surface area contributed by atoms with Gasteiger partial charge in [-0.3, -0.25) is 14.6 Å². The number of carbonyl (C=O) groups excluding carboxylic acids is 2. The van der Waals surface area contributed by atoms with Gasteiger partial charge in [0.2, 0.25) is 6.41 Å². The van der Waals surface area contributed by atoms with Crippen molar-refractivity contribution in [1.82, 2.24) is 9.88 Å². The van der Waals surface area contributed by atoms with Crippen LogP contribution in [-0.4, -0.2) is 48.4 Å². The van der Waals surface area contributed by atoms with Crippen LogP contribution in [0.15, 0.2) is 36.7 Å². The lowest BCUT2D eigenvalue weighted by Crippen LogP contribution is -2.45. The van der Waals surface area contributed by atoms with Gasteiger partial charge in [-0.05, 0) is 43.2 Å². The summed E-state index contributed by atoms with van der Waals surface area (Å²) >= 11 is 0. The van der Waals surface area contributed by atoms with Gasteiger partial charge in [-0.2, -0.15) is 0 Å². The van der Waals surface area contributed by atoms with Gasteiger partial charge in [-0.25, -0.2) is 0 Å². The molecule has 0 atom stereocenters. The Kier molecular flexibility index (Phi) is 4.97. The summed E-state index contributed by atoms with van der Waals surface area (Å²) in [4.78, 5) is 31.4. The number of hydrogen-bond donors (Lipinski definition) is 1. The number of pyridine rings is 1. The first-order chi connectivity index (χ1) is 12.1. The molecule has 25 heavy (non-hydrogen) atoms. The lowest BCUT2D eigenvalue weighted by atomic mass is 10.1. The number of nitrogens with one attached hydrogen (secondary N) is 1. The van der Waals surface area contributed by atoms with Crippen molar-refractivity contribution in [3.8, 4) is 0 Å². The zero-order valence-corrected chi connectivity index (χ0v) is 14.5. The summed E-state index contributed by atoms with van der Waals surface area (Å²) in [7, 11) is 0. The van der Waals surface area contributed by atoms with E-state index in [1.807, 2.05) is 38.1 Å². The summed E-state index contributed by atoms with van der Waals surface area (Å²) in [5.74, 6) is -0.177. The molecular weight excluding hydrogens is 316 g/mol. The molecule has 1 aliphatic heterocycles. The van der Waals surface area contributed by atoms with E-state index >= 15 is 0 Å². The Morgan fingerprint density at radius 2 is 1.84 bits per heavy atom. The van der Waals surface area contributed by atoms with Crippen molar-refractivity contribution >= 4 is 23.7 Å². The van der Waals surface area contributed by atoms with Crippen LogP contribution in [0, 0.1) is 13.8 Å². The Balaban J connectivity index is 1.71. The van der Waals surface area contributed by atoms with Crippen molar-refractivity contribution in [2.75, 3.05) is 36.4 Å². The number of piperazine rings is 1. The molecule has 0 aliphatic carbocycles. The lowest BCUT2D eigenvalue weighted by Gasteiger charge is -2.34. The summed E-state index contributed by atoms with van der Waals surface area (Å²) in [6, 6.07) is 7.70. The number of hydrogen-bond acceptors (Lipinski definition) is 4. The van der Waals surface area contributed by atoms with E-state index in [9.17, 15) is 9.59 Å². The van der Waals surface area contributed by atoms with Gasteiger partial charge in [0.25, 0.3) is 5.91 Å². The van der Waals surface area contributed by atoms with Crippen LogP contribution >= 0.6 is 0 Å². The van der Waals surface area contributed by atoms with E-state index in [4.69, 9.17) is 0 Å². The molecule has 2 aromatic rings. The van der Waals surface area contributed by atoms with E-state index in [-0.39, 0.29) is 5.91 Å². The standard InChI is InChI=1S/C19H22N4O2/c1-14-3-4-17(9-15(14)2)21-19(25)16-10-18(12-20-11-16)23-7-5-22(13-24)6-8-23/h3-4,9-13H,5-8H2,1-2H3,(H,21,25). The Morgan fingerprint density at radius 3 is 2.52 bits per heavy atom. The molecule has 1 fully saturated rings. The van der Waals surface area contributed by atoms with E-state index in [1.54, 1.807) is 17.3 Å².